The molecule has 0 saturated heterocycles. The number of hydrogen-bond acceptors (Lipinski definition) is 4. The number of carbonyl (C=O) groups excluding carboxylic acids is 1. The molecule has 1 heterocycles. The van der Waals surface area contributed by atoms with Gasteiger partial charge in [0.15, 0.2) is 11.5 Å². The number of aliphatic hydroxyl groups excluding tert-OH is 1. The summed E-state index contributed by atoms with van der Waals surface area (Å²) in [4.78, 5) is 12.4. The Hall–Kier alpha value is -2.53. The first-order valence-corrected chi connectivity index (χ1v) is 8.59. The van der Waals surface area contributed by atoms with Crippen LogP contribution in [0.25, 0.3) is 0 Å². The normalized spacial score (nSPS) is 14.8. The van der Waals surface area contributed by atoms with Crippen LogP contribution < -0.4 is 14.8 Å². The fraction of sp³-hybridized carbons (Fsp3) is 0.350. The van der Waals surface area contributed by atoms with Gasteiger partial charge in [-0.2, -0.15) is 0 Å². The van der Waals surface area contributed by atoms with E-state index < -0.39 is 6.10 Å². The van der Waals surface area contributed by atoms with E-state index in [0.717, 1.165) is 17.5 Å². The van der Waals surface area contributed by atoms with Crippen LogP contribution in [0, 0.1) is 0 Å². The van der Waals surface area contributed by atoms with E-state index in [4.69, 9.17) is 9.47 Å². The first-order valence-electron chi connectivity index (χ1n) is 8.59. The molecule has 0 unspecified atom stereocenters. The van der Waals surface area contributed by atoms with Crippen LogP contribution in [0.15, 0.2) is 48.5 Å². The van der Waals surface area contributed by atoms with Crippen molar-refractivity contribution in [3.05, 3.63) is 59.7 Å². The minimum atomic E-state index is -0.661. The van der Waals surface area contributed by atoms with E-state index >= 15 is 0 Å². The van der Waals surface area contributed by atoms with Crippen molar-refractivity contribution in [3.63, 3.8) is 0 Å². The van der Waals surface area contributed by atoms with E-state index in [1.165, 1.54) is 0 Å². The Bertz CT molecular complexity index is 717. The molecule has 0 bridgehead atoms. The molecule has 2 aromatic rings. The fourth-order valence-corrected chi connectivity index (χ4v) is 3.00. The first kappa shape index (κ1) is 17.3. The van der Waals surface area contributed by atoms with E-state index in [1.807, 2.05) is 43.3 Å². The zero-order chi connectivity index (χ0) is 17.6. The van der Waals surface area contributed by atoms with Gasteiger partial charge in [0, 0.05) is 6.54 Å². The number of aliphatic hydroxyl groups is 1. The lowest BCUT2D eigenvalue weighted by Crippen LogP contribution is -2.30. The summed E-state index contributed by atoms with van der Waals surface area (Å²) in [6.45, 7) is 2.62. The summed E-state index contributed by atoms with van der Waals surface area (Å²) in [6, 6.07) is 15.2. The second-order valence-corrected chi connectivity index (χ2v) is 6.08. The Morgan fingerprint density at radius 1 is 1.12 bits per heavy atom. The number of hydrogen-bond donors (Lipinski definition) is 2. The smallest absolute Gasteiger partial charge is 0.231 e. The second-order valence-electron chi connectivity index (χ2n) is 6.08. The highest BCUT2D eigenvalue weighted by atomic mass is 16.7. The number of rotatable bonds is 7. The highest BCUT2D eigenvalue weighted by molar-refractivity contribution is 5.83. The van der Waals surface area contributed by atoms with Crippen LogP contribution in [0.3, 0.4) is 0 Å². The van der Waals surface area contributed by atoms with Gasteiger partial charge >= 0.3 is 0 Å². The van der Waals surface area contributed by atoms with Gasteiger partial charge in [-0.3, -0.25) is 4.79 Å². The van der Waals surface area contributed by atoms with Crippen LogP contribution in [-0.4, -0.2) is 24.4 Å². The SMILES string of the molecule is CC[C@@H](C(=O)NCC[C@H](O)c1ccc2c(c1)OCO2)c1ccccc1. The molecule has 2 atom stereocenters. The molecule has 0 spiro atoms. The third-order valence-electron chi connectivity index (χ3n) is 4.43. The van der Waals surface area contributed by atoms with Crippen molar-refractivity contribution < 1.29 is 19.4 Å². The molecule has 0 aromatic heterocycles. The molecular formula is C20H23NO4. The van der Waals surface area contributed by atoms with E-state index in [0.29, 0.717) is 24.5 Å². The molecule has 0 aliphatic carbocycles. The van der Waals surface area contributed by atoms with Gasteiger partial charge < -0.3 is 19.9 Å². The van der Waals surface area contributed by atoms with E-state index in [-0.39, 0.29) is 18.6 Å². The molecule has 1 amide bonds. The lowest BCUT2D eigenvalue weighted by atomic mass is 9.95. The molecule has 0 saturated carbocycles. The van der Waals surface area contributed by atoms with Gasteiger partial charge in [-0.25, -0.2) is 0 Å². The van der Waals surface area contributed by atoms with Crippen molar-refractivity contribution in [1.82, 2.24) is 5.32 Å². The topological polar surface area (TPSA) is 67.8 Å². The molecule has 3 rings (SSSR count). The third-order valence-corrected chi connectivity index (χ3v) is 4.43. The average Bonchev–Trinajstić information content (AvgIpc) is 3.11. The van der Waals surface area contributed by atoms with Gasteiger partial charge in [-0.15, -0.1) is 0 Å². The minimum absolute atomic E-state index is 0.00779. The number of benzene rings is 2. The van der Waals surface area contributed by atoms with Crippen LogP contribution >= 0.6 is 0 Å². The number of ether oxygens (including phenoxy) is 2. The summed E-state index contributed by atoms with van der Waals surface area (Å²) in [6.07, 6.45) is 0.517. The summed E-state index contributed by atoms with van der Waals surface area (Å²) in [5, 5.41) is 13.3. The molecule has 132 valence electrons. The van der Waals surface area contributed by atoms with Crippen LogP contribution in [-0.2, 0) is 4.79 Å². The molecule has 2 N–H and O–H groups in total. The number of nitrogens with one attached hydrogen (secondary N) is 1. The predicted octanol–water partition coefficient (Wildman–Crippen LogP) is 3.15. The lowest BCUT2D eigenvalue weighted by molar-refractivity contribution is -0.122. The highest BCUT2D eigenvalue weighted by Gasteiger charge is 2.19. The van der Waals surface area contributed by atoms with E-state index in [2.05, 4.69) is 5.32 Å². The van der Waals surface area contributed by atoms with Gasteiger partial charge in [0.2, 0.25) is 12.7 Å². The van der Waals surface area contributed by atoms with E-state index in [1.54, 1.807) is 12.1 Å². The summed E-state index contributed by atoms with van der Waals surface area (Å²) < 4.78 is 10.6. The quantitative estimate of drug-likeness (QED) is 0.812. The van der Waals surface area contributed by atoms with Crippen LogP contribution in [0.5, 0.6) is 11.5 Å². The van der Waals surface area contributed by atoms with Crippen LogP contribution in [0.1, 0.15) is 42.9 Å². The van der Waals surface area contributed by atoms with Crippen molar-refractivity contribution in [2.45, 2.75) is 31.8 Å². The van der Waals surface area contributed by atoms with Gasteiger partial charge in [0.1, 0.15) is 0 Å². The molecule has 1 aliphatic heterocycles. The van der Waals surface area contributed by atoms with Crippen molar-refractivity contribution in [3.8, 4) is 11.5 Å². The number of amides is 1. The summed E-state index contributed by atoms with van der Waals surface area (Å²) in [5.41, 5.74) is 1.77. The Morgan fingerprint density at radius 3 is 2.64 bits per heavy atom. The molecule has 2 aromatic carbocycles. The van der Waals surface area contributed by atoms with Gasteiger partial charge in [0.05, 0.1) is 12.0 Å². The first-order chi connectivity index (χ1) is 12.2. The molecule has 5 heteroatoms. The zero-order valence-electron chi connectivity index (χ0n) is 14.3. The average molecular weight is 341 g/mol. The van der Waals surface area contributed by atoms with Gasteiger partial charge in [0.25, 0.3) is 0 Å². The Labute approximate surface area is 147 Å². The van der Waals surface area contributed by atoms with Crippen molar-refractivity contribution in [2.75, 3.05) is 13.3 Å². The largest absolute Gasteiger partial charge is 0.454 e. The molecular weight excluding hydrogens is 318 g/mol. The zero-order valence-corrected chi connectivity index (χ0v) is 14.3. The predicted molar refractivity (Wildman–Crippen MR) is 94.6 cm³/mol. The molecule has 1 aliphatic rings. The summed E-state index contributed by atoms with van der Waals surface area (Å²) in [5.74, 6) is 1.17. The van der Waals surface area contributed by atoms with Crippen molar-refractivity contribution in [1.29, 1.82) is 0 Å². The third kappa shape index (κ3) is 4.12. The van der Waals surface area contributed by atoms with Gasteiger partial charge in [-0.05, 0) is 36.1 Å². The monoisotopic (exact) mass is 341 g/mol. The van der Waals surface area contributed by atoms with Crippen molar-refractivity contribution in [2.24, 2.45) is 0 Å². The Balaban J connectivity index is 1.52. The maximum absolute atomic E-state index is 12.4. The highest BCUT2D eigenvalue weighted by Crippen LogP contribution is 2.34. The standard InChI is InChI=1S/C20H23NO4/c1-2-16(14-6-4-3-5-7-14)20(23)21-11-10-17(22)15-8-9-18-19(12-15)25-13-24-18/h3-9,12,16-17,22H,2,10-11,13H2,1H3,(H,21,23)/t16-,17+/m1/s1. The minimum Gasteiger partial charge on any atom is -0.454 e. The second kappa shape index (κ2) is 8.03. The fourth-order valence-electron chi connectivity index (χ4n) is 3.00. The molecule has 25 heavy (non-hydrogen) atoms. The van der Waals surface area contributed by atoms with Crippen molar-refractivity contribution >= 4 is 5.91 Å². The summed E-state index contributed by atoms with van der Waals surface area (Å²) in [7, 11) is 0. The number of carbonyl (C=O) groups is 1. The van der Waals surface area contributed by atoms with Crippen LogP contribution in [0.2, 0.25) is 0 Å². The number of fused-ring (bicyclic) bond motifs is 1. The van der Waals surface area contributed by atoms with E-state index in [9.17, 15) is 9.90 Å². The molecule has 0 fully saturated rings. The van der Waals surface area contributed by atoms with Crippen LogP contribution in [0.4, 0.5) is 0 Å². The Morgan fingerprint density at radius 2 is 1.88 bits per heavy atom. The lowest BCUT2D eigenvalue weighted by Gasteiger charge is -2.17. The Kier molecular flexibility index (Phi) is 5.56. The molecule has 0 radical (unpaired) electrons. The van der Waals surface area contributed by atoms with Gasteiger partial charge in [-0.1, -0.05) is 43.3 Å². The maximum atomic E-state index is 12.4. The summed E-state index contributed by atoms with van der Waals surface area (Å²) >= 11 is 0. The molecule has 5 nitrogen and oxygen atoms in total. The maximum Gasteiger partial charge on any atom is 0.231 e.